The Morgan fingerprint density at radius 3 is 1.39 bits per heavy atom. The van der Waals surface area contributed by atoms with Gasteiger partial charge in [0.2, 0.25) is 0 Å². The van der Waals surface area contributed by atoms with Crippen LogP contribution in [0.5, 0.6) is 0 Å². The molecule has 0 bridgehead atoms. The van der Waals surface area contributed by atoms with Crippen molar-refractivity contribution in [1.29, 1.82) is 0 Å². The maximum absolute atomic E-state index is 5.50. The van der Waals surface area contributed by atoms with Crippen molar-refractivity contribution in [2.24, 2.45) is 0 Å². The molecule has 156 valence electrons. The maximum atomic E-state index is 5.50. The molecule has 2 aromatic carbocycles. The van der Waals surface area contributed by atoms with Gasteiger partial charge in [0.1, 0.15) is 0 Å². The Morgan fingerprint density at radius 1 is 0.679 bits per heavy atom. The fourth-order valence-electron chi connectivity index (χ4n) is 3.63. The number of alkyl halides is 2. The molecule has 0 unspecified atom stereocenters. The molecule has 0 radical (unpaired) electrons. The summed E-state index contributed by atoms with van der Waals surface area (Å²) in [5.41, 5.74) is 2.92. The normalized spacial score (nSPS) is 18.0. The van der Waals surface area contributed by atoms with E-state index in [0.717, 1.165) is 65.7 Å². The third kappa shape index (κ3) is 7.36. The van der Waals surface area contributed by atoms with Crippen molar-refractivity contribution in [3.05, 3.63) is 47.5 Å². The molecule has 2 saturated heterocycles. The second-order valence-electron chi connectivity index (χ2n) is 6.75. The van der Waals surface area contributed by atoms with Crippen molar-refractivity contribution in [3.63, 3.8) is 0 Å². The number of morpholine rings is 2. The smallest absolute Gasteiger partial charge is 0.0594 e. The van der Waals surface area contributed by atoms with Gasteiger partial charge < -0.3 is 9.47 Å². The zero-order valence-electron chi connectivity index (χ0n) is 17.0. The molecule has 0 atom stereocenters. The molecule has 0 saturated carbocycles. The van der Waals surface area contributed by atoms with Crippen LogP contribution in [0.1, 0.15) is 11.1 Å². The summed E-state index contributed by atoms with van der Waals surface area (Å²) >= 11 is 4.30. The fourth-order valence-corrected chi connectivity index (χ4v) is 3.63. The second-order valence-corrected chi connectivity index (χ2v) is 6.75. The summed E-state index contributed by atoms with van der Waals surface area (Å²) in [6, 6.07) is 13.5. The molecule has 6 heteroatoms. The van der Waals surface area contributed by atoms with Crippen molar-refractivity contribution in [2.45, 2.75) is 13.1 Å². The molecule has 0 amide bonds. The lowest BCUT2D eigenvalue weighted by molar-refractivity contribution is 0.0309. The summed E-state index contributed by atoms with van der Waals surface area (Å²) in [6.07, 6.45) is 0. The topological polar surface area (TPSA) is 24.9 Å². The standard InChI is InChI=1S/C20H26N2O2.2CH3I/c1-2-4-18-14-20(16-22-7-11-24-12-8-22)19(13-17(18)3-1)15-21-5-9-23-10-6-21;2*1-2/h1-4,13-14H,5-12,15-16H2;2*1H3. The molecule has 0 spiro atoms. The van der Waals surface area contributed by atoms with Gasteiger partial charge in [0, 0.05) is 39.3 Å². The fraction of sp³-hybridized carbons (Fsp3) is 0.545. The van der Waals surface area contributed by atoms with Gasteiger partial charge in [-0.15, -0.1) is 0 Å². The number of hydrogen-bond donors (Lipinski definition) is 0. The number of halogens is 2. The van der Waals surface area contributed by atoms with Crippen LogP contribution in [0.15, 0.2) is 36.4 Å². The summed E-state index contributed by atoms with van der Waals surface area (Å²) < 4.78 is 11.0. The van der Waals surface area contributed by atoms with Crippen molar-refractivity contribution in [2.75, 3.05) is 62.5 Å². The van der Waals surface area contributed by atoms with Crippen molar-refractivity contribution >= 4 is 56.0 Å². The molecular formula is C22H32I2N2O2. The number of hydrogen-bond acceptors (Lipinski definition) is 4. The van der Waals surface area contributed by atoms with E-state index in [4.69, 9.17) is 9.47 Å². The molecule has 28 heavy (non-hydrogen) atoms. The first-order valence-electron chi connectivity index (χ1n) is 9.75. The number of ether oxygens (including phenoxy) is 2. The SMILES string of the molecule is CI.CI.c1ccc2cc(CN3CCOCC3)c(CN3CCOCC3)cc2c1. The number of nitrogens with zero attached hydrogens (tertiary/aromatic N) is 2. The van der Waals surface area contributed by atoms with Gasteiger partial charge in [0.25, 0.3) is 0 Å². The highest BCUT2D eigenvalue weighted by Crippen LogP contribution is 2.23. The highest BCUT2D eigenvalue weighted by atomic mass is 127. The van der Waals surface area contributed by atoms with Crippen LogP contribution in [-0.4, -0.2) is 72.3 Å². The van der Waals surface area contributed by atoms with Gasteiger partial charge in [-0.1, -0.05) is 69.4 Å². The van der Waals surface area contributed by atoms with Crippen LogP contribution in [0.4, 0.5) is 0 Å². The predicted molar refractivity (Wildman–Crippen MR) is 136 cm³/mol. The zero-order chi connectivity index (χ0) is 20.2. The molecule has 2 aliphatic rings. The van der Waals surface area contributed by atoms with Crippen LogP contribution in [0.2, 0.25) is 0 Å². The third-order valence-corrected chi connectivity index (χ3v) is 5.06. The number of benzene rings is 2. The largest absolute Gasteiger partial charge is 0.379 e. The highest BCUT2D eigenvalue weighted by molar-refractivity contribution is 14.1. The Morgan fingerprint density at radius 2 is 1.04 bits per heavy atom. The molecule has 0 N–H and O–H groups in total. The minimum atomic E-state index is 0.854. The van der Waals surface area contributed by atoms with E-state index in [-0.39, 0.29) is 0 Å². The van der Waals surface area contributed by atoms with Gasteiger partial charge in [-0.2, -0.15) is 0 Å². The summed E-state index contributed by atoms with van der Waals surface area (Å²) in [5, 5.41) is 2.68. The molecule has 2 fully saturated rings. The van der Waals surface area contributed by atoms with Gasteiger partial charge in [-0.05, 0) is 43.9 Å². The molecule has 0 aliphatic carbocycles. The monoisotopic (exact) mass is 610 g/mol. The van der Waals surface area contributed by atoms with E-state index in [2.05, 4.69) is 91.4 Å². The molecular weight excluding hydrogens is 578 g/mol. The number of rotatable bonds is 4. The van der Waals surface area contributed by atoms with E-state index in [1.54, 1.807) is 0 Å². The van der Waals surface area contributed by atoms with Crippen molar-refractivity contribution in [1.82, 2.24) is 9.80 Å². The number of fused-ring (bicyclic) bond motifs is 1. The second kappa shape index (κ2) is 14.1. The quantitative estimate of drug-likeness (QED) is 0.374. The molecule has 4 rings (SSSR count). The van der Waals surface area contributed by atoms with Gasteiger partial charge in [-0.25, -0.2) is 0 Å². The lowest BCUT2D eigenvalue weighted by Gasteiger charge is -2.30. The van der Waals surface area contributed by atoms with Crippen LogP contribution in [0.25, 0.3) is 10.8 Å². The van der Waals surface area contributed by atoms with Crippen LogP contribution in [0.3, 0.4) is 0 Å². The van der Waals surface area contributed by atoms with E-state index >= 15 is 0 Å². The van der Waals surface area contributed by atoms with E-state index in [9.17, 15) is 0 Å². The first kappa shape index (κ1) is 24.3. The van der Waals surface area contributed by atoms with E-state index in [1.807, 2.05) is 9.86 Å². The van der Waals surface area contributed by atoms with Gasteiger partial charge in [-0.3, -0.25) is 9.80 Å². The van der Waals surface area contributed by atoms with Crippen LogP contribution >= 0.6 is 45.2 Å². The minimum absolute atomic E-state index is 0.854. The maximum Gasteiger partial charge on any atom is 0.0594 e. The van der Waals surface area contributed by atoms with E-state index in [1.165, 1.54) is 21.9 Å². The lowest BCUT2D eigenvalue weighted by atomic mass is 9.99. The van der Waals surface area contributed by atoms with Crippen molar-refractivity contribution < 1.29 is 9.47 Å². The molecule has 2 aromatic rings. The Hall–Kier alpha value is 0.000000000000000222. The first-order valence-corrected chi connectivity index (χ1v) is 14.1. The Labute approximate surface area is 197 Å². The summed E-state index contributed by atoms with van der Waals surface area (Å²) in [6.45, 7) is 9.58. The van der Waals surface area contributed by atoms with E-state index < -0.39 is 0 Å². The predicted octanol–water partition coefficient (Wildman–Crippen LogP) is 4.61. The van der Waals surface area contributed by atoms with Crippen molar-refractivity contribution in [3.8, 4) is 0 Å². The Kier molecular flexibility index (Phi) is 12.2. The van der Waals surface area contributed by atoms with Crippen LogP contribution in [-0.2, 0) is 22.6 Å². The molecule has 2 heterocycles. The third-order valence-electron chi connectivity index (χ3n) is 5.06. The average molecular weight is 610 g/mol. The summed E-state index contributed by atoms with van der Waals surface area (Å²) in [4.78, 5) is 8.96. The Balaban J connectivity index is 0.000000660. The molecule has 0 aromatic heterocycles. The van der Waals surface area contributed by atoms with Gasteiger partial charge in [0.15, 0.2) is 0 Å². The van der Waals surface area contributed by atoms with Crippen LogP contribution < -0.4 is 0 Å². The molecule has 2 aliphatic heterocycles. The summed E-state index contributed by atoms with van der Waals surface area (Å²) in [7, 11) is 0. The minimum Gasteiger partial charge on any atom is -0.379 e. The lowest BCUT2D eigenvalue weighted by Crippen LogP contribution is -2.37. The summed E-state index contributed by atoms with van der Waals surface area (Å²) in [5.74, 6) is 0. The average Bonchev–Trinajstić information content (AvgIpc) is 2.78. The van der Waals surface area contributed by atoms with Crippen LogP contribution in [0, 0.1) is 0 Å². The zero-order valence-corrected chi connectivity index (χ0v) is 21.3. The van der Waals surface area contributed by atoms with E-state index in [0.29, 0.717) is 0 Å². The van der Waals surface area contributed by atoms with Gasteiger partial charge >= 0.3 is 0 Å². The Bertz CT molecular complexity index is 629. The molecule has 4 nitrogen and oxygen atoms in total. The first-order chi connectivity index (χ1) is 13.9. The highest BCUT2D eigenvalue weighted by Gasteiger charge is 2.17. The van der Waals surface area contributed by atoms with Gasteiger partial charge in [0.05, 0.1) is 26.4 Å².